The molecule has 2 aromatic carbocycles. The summed E-state index contributed by atoms with van der Waals surface area (Å²) in [7, 11) is 1.67. The summed E-state index contributed by atoms with van der Waals surface area (Å²) in [5, 5.41) is 5.91. The summed E-state index contributed by atoms with van der Waals surface area (Å²) in [5.74, 6) is -0.345. The van der Waals surface area contributed by atoms with Crippen LogP contribution >= 0.6 is 0 Å². The second-order valence-corrected chi connectivity index (χ2v) is 12.7. The van der Waals surface area contributed by atoms with Gasteiger partial charge in [0.05, 0.1) is 25.5 Å². The molecule has 0 saturated heterocycles. The van der Waals surface area contributed by atoms with Gasteiger partial charge in [-0.05, 0) is 72.2 Å². The number of amides is 2. The van der Waals surface area contributed by atoms with Crippen molar-refractivity contribution in [2.24, 2.45) is 23.5 Å². The molecule has 4 unspecified atom stereocenters. The van der Waals surface area contributed by atoms with Crippen molar-refractivity contribution in [3.8, 4) is 17.0 Å². The van der Waals surface area contributed by atoms with E-state index in [1.165, 1.54) is 12.1 Å². The summed E-state index contributed by atoms with van der Waals surface area (Å²) in [6, 6.07) is 16.8. The van der Waals surface area contributed by atoms with E-state index in [1.54, 1.807) is 25.4 Å². The molecule has 1 heterocycles. The van der Waals surface area contributed by atoms with E-state index in [-0.39, 0.29) is 48.0 Å². The number of pyridine rings is 1. The highest BCUT2D eigenvalue weighted by atomic mass is 19.1. The first kappa shape index (κ1) is 38.6. The monoisotopic (exact) mass is 664 g/mol. The van der Waals surface area contributed by atoms with Crippen molar-refractivity contribution in [1.29, 1.82) is 0 Å². The molecular formula is C38H53FN4O5. The third-order valence-electron chi connectivity index (χ3n) is 8.50. The third kappa shape index (κ3) is 12.6. The molecule has 4 atom stereocenters. The number of hydrogen-bond donors (Lipinski definition) is 3. The summed E-state index contributed by atoms with van der Waals surface area (Å²) >= 11 is 0. The van der Waals surface area contributed by atoms with Gasteiger partial charge in [0.25, 0.3) is 0 Å². The van der Waals surface area contributed by atoms with E-state index in [1.807, 2.05) is 64.1 Å². The second-order valence-electron chi connectivity index (χ2n) is 12.7. The molecular weight excluding hydrogens is 611 g/mol. The Morgan fingerprint density at radius 2 is 1.71 bits per heavy atom. The molecule has 0 fully saturated rings. The molecule has 1 aromatic heterocycles. The largest absolute Gasteiger partial charge is 0.493 e. The van der Waals surface area contributed by atoms with Crippen molar-refractivity contribution in [1.82, 2.24) is 15.6 Å². The van der Waals surface area contributed by atoms with Crippen LogP contribution in [0, 0.1) is 23.6 Å². The molecule has 0 radical (unpaired) electrons. The van der Waals surface area contributed by atoms with Gasteiger partial charge >= 0.3 is 0 Å². The number of halogens is 1. The molecule has 0 aliphatic heterocycles. The van der Waals surface area contributed by atoms with Crippen molar-refractivity contribution < 1.29 is 28.2 Å². The van der Waals surface area contributed by atoms with E-state index >= 15 is 0 Å². The maximum Gasteiger partial charge on any atom is 0.243 e. The van der Waals surface area contributed by atoms with Crippen LogP contribution < -0.4 is 21.1 Å². The maximum atomic E-state index is 13.5. The van der Waals surface area contributed by atoms with Gasteiger partial charge in [0.2, 0.25) is 11.8 Å². The van der Waals surface area contributed by atoms with Crippen LogP contribution in [0.5, 0.6) is 5.75 Å². The highest BCUT2D eigenvalue weighted by molar-refractivity contribution is 5.88. The molecule has 0 aliphatic carbocycles. The highest BCUT2D eigenvalue weighted by Gasteiger charge is 2.30. The van der Waals surface area contributed by atoms with Gasteiger partial charge in [-0.15, -0.1) is 0 Å². The molecule has 262 valence electrons. The third-order valence-corrected chi connectivity index (χ3v) is 8.50. The van der Waals surface area contributed by atoms with Gasteiger partial charge in [-0.2, -0.15) is 0 Å². The molecule has 9 nitrogen and oxygen atoms in total. The van der Waals surface area contributed by atoms with E-state index < -0.39 is 6.04 Å². The van der Waals surface area contributed by atoms with Crippen molar-refractivity contribution in [3.63, 3.8) is 0 Å². The van der Waals surface area contributed by atoms with Gasteiger partial charge in [-0.25, -0.2) is 4.39 Å². The summed E-state index contributed by atoms with van der Waals surface area (Å²) in [5.41, 5.74) is 9.92. The number of carbonyl (C=O) groups excluding carboxylic acids is 2. The van der Waals surface area contributed by atoms with Crippen LogP contribution in [0.15, 0.2) is 66.9 Å². The SMILES string of the molecule is CCC(C)C(NC(=O)C(CCC(N)COCc1ccc(-c2ccccn2)c(OCCCOC)c1)C(C)C)C(=O)NCc1ccc(F)cc1. The van der Waals surface area contributed by atoms with E-state index in [9.17, 15) is 14.0 Å². The zero-order valence-electron chi connectivity index (χ0n) is 29.0. The zero-order chi connectivity index (χ0) is 34.9. The number of ether oxygens (including phenoxy) is 3. The lowest BCUT2D eigenvalue weighted by atomic mass is 9.88. The number of methoxy groups -OCH3 is 1. The van der Waals surface area contributed by atoms with Gasteiger partial charge in [-0.3, -0.25) is 14.6 Å². The smallest absolute Gasteiger partial charge is 0.243 e. The number of carbonyl (C=O) groups is 2. The van der Waals surface area contributed by atoms with Gasteiger partial charge in [0, 0.05) is 50.4 Å². The van der Waals surface area contributed by atoms with Crippen LogP contribution in [0.3, 0.4) is 0 Å². The maximum absolute atomic E-state index is 13.5. The topological polar surface area (TPSA) is 125 Å². The minimum absolute atomic E-state index is 0.0536. The zero-order valence-corrected chi connectivity index (χ0v) is 29.0. The summed E-state index contributed by atoms with van der Waals surface area (Å²) in [6.45, 7) is 10.0. The molecule has 3 rings (SSSR count). The van der Waals surface area contributed by atoms with Crippen LogP contribution in [0.1, 0.15) is 64.5 Å². The Balaban J connectivity index is 1.53. The van der Waals surface area contributed by atoms with E-state index in [4.69, 9.17) is 19.9 Å². The Morgan fingerprint density at radius 1 is 0.958 bits per heavy atom. The van der Waals surface area contributed by atoms with Crippen molar-refractivity contribution in [2.45, 2.75) is 78.6 Å². The molecule has 10 heteroatoms. The van der Waals surface area contributed by atoms with Crippen LogP contribution in [0.25, 0.3) is 11.3 Å². The first-order valence-electron chi connectivity index (χ1n) is 16.9. The van der Waals surface area contributed by atoms with Gasteiger partial charge < -0.3 is 30.6 Å². The van der Waals surface area contributed by atoms with Crippen LogP contribution in [0.2, 0.25) is 0 Å². The van der Waals surface area contributed by atoms with Crippen LogP contribution in [-0.4, -0.2) is 55.8 Å². The first-order valence-corrected chi connectivity index (χ1v) is 16.9. The predicted octanol–water partition coefficient (Wildman–Crippen LogP) is 6.05. The lowest BCUT2D eigenvalue weighted by Gasteiger charge is -2.28. The molecule has 3 aromatic rings. The summed E-state index contributed by atoms with van der Waals surface area (Å²) < 4.78 is 30.5. The molecule has 0 saturated carbocycles. The Morgan fingerprint density at radius 3 is 2.38 bits per heavy atom. The lowest BCUT2D eigenvalue weighted by molar-refractivity contribution is -0.133. The van der Waals surface area contributed by atoms with E-state index in [2.05, 4.69) is 15.6 Å². The summed E-state index contributed by atoms with van der Waals surface area (Å²) in [6.07, 6.45) is 4.40. The predicted molar refractivity (Wildman–Crippen MR) is 186 cm³/mol. The molecule has 0 aliphatic rings. The number of nitrogens with zero attached hydrogens (tertiary/aromatic N) is 1. The minimum Gasteiger partial charge on any atom is -0.493 e. The average Bonchev–Trinajstić information content (AvgIpc) is 3.08. The first-order chi connectivity index (χ1) is 23.1. The minimum atomic E-state index is -0.681. The van der Waals surface area contributed by atoms with Crippen molar-refractivity contribution in [2.75, 3.05) is 26.9 Å². The summed E-state index contributed by atoms with van der Waals surface area (Å²) in [4.78, 5) is 31.1. The Kier molecular flexibility index (Phi) is 16.5. The van der Waals surface area contributed by atoms with Gasteiger partial charge in [0.15, 0.2) is 0 Å². The van der Waals surface area contributed by atoms with Gasteiger partial charge in [0.1, 0.15) is 17.6 Å². The van der Waals surface area contributed by atoms with Crippen LogP contribution in [0.4, 0.5) is 4.39 Å². The van der Waals surface area contributed by atoms with Gasteiger partial charge in [-0.1, -0.05) is 58.4 Å². The number of aromatic nitrogens is 1. The molecule has 0 spiro atoms. The normalized spacial score (nSPS) is 13.8. The number of nitrogens with two attached hydrogens (primary N) is 1. The van der Waals surface area contributed by atoms with E-state index in [0.29, 0.717) is 39.3 Å². The Hall–Kier alpha value is -3.86. The standard InChI is InChI=1S/C38H53FN4O5/c1-6-27(4)36(38(45)42-23-28-11-14-30(39)15-12-28)43-37(44)32(26(2)3)18-16-31(40)25-47-24-29-13-17-33(34-10-7-8-19-41-34)35(22-29)48-21-9-20-46-5/h7-8,10-15,17,19,22,26-27,31-32,36H,6,9,16,18,20-21,23-25,40H2,1-5H3,(H,42,45)(H,43,44). The number of benzene rings is 2. The molecule has 48 heavy (non-hydrogen) atoms. The molecule has 2 amide bonds. The average molecular weight is 665 g/mol. The fourth-order valence-electron chi connectivity index (χ4n) is 5.33. The fourth-order valence-corrected chi connectivity index (χ4v) is 5.33. The molecule has 0 bridgehead atoms. The Bertz CT molecular complexity index is 1390. The number of hydrogen-bond acceptors (Lipinski definition) is 7. The fraction of sp³-hybridized carbons (Fsp3) is 0.500. The van der Waals surface area contributed by atoms with Crippen molar-refractivity contribution in [3.05, 3.63) is 83.8 Å². The number of rotatable bonds is 21. The van der Waals surface area contributed by atoms with E-state index in [0.717, 1.165) is 41.0 Å². The van der Waals surface area contributed by atoms with Crippen molar-refractivity contribution >= 4 is 11.8 Å². The Labute approximate surface area is 285 Å². The second kappa shape index (κ2) is 20.5. The quantitative estimate of drug-likeness (QED) is 0.119. The molecule has 4 N–H and O–H groups in total. The number of nitrogens with one attached hydrogen (secondary N) is 2. The lowest BCUT2D eigenvalue weighted by Crippen LogP contribution is -2.52. The highest BCUT2D eigenvalue weighted by Crippen LogP contribution is 2.30. The van der Waals surface area contributed by atoms with Crippen LogP contribution in [-0.2, 0) is 32.2 Å².